The minimum absolute atomic E-state index is 0.00104. The topological polar surface area (TPSA) is 98.4 Å². The molecule has 214 valence electrons. The van der Waals surface area contributed by atoms with Gasteiger partial charge in [-0.3, -0.25) is 9.59 Å². The molecule has 1 N–H and O–H groups in total. The van der Waals surface area contributed by atoms with Crippen molar-refractivity contribution in [2.45, 2.75) is 45.6 Å². The van der Waals surface area contributed by atoms with Gasteiger partial charge in [0.2, 0.25) is 0 Å². The van der Waals surface area contributed by atoms with E-state index in [4.69, 9.17) is 18.6 Å². The van der Waals surface area contributed by atoms with E-state index in [1.165, 1.54) is 11.2 Å². The second kappa shape index (κ2) is 11.5. The normalized spacial score (nSPS) is 19.0. The Labute approximate surface area is 243 Å². The summed E-state index contributed by atoms with van der Waals surface area (Å²) < 4.78 is 23.3. The lowest BCUT2D eigenvalue weighted by molar-refractivity contribution is -0.140. The van der Waals surface area contributed by atoms with Crippen LogP contribution in [0.4, 0.5) is 0 Å². The molecule has 2 aliphatic rings. The van der Waals surface area contributed by atoms with Gasteiger partial charge in [0.1, 0.15) is 30.0 Å². The zero-order valence-corrected chi connectivity index (χ0v) is 23.4. The SMILES string of the molecule is CCOc1cc(C2/C(=C(/O)c3ccc4c(c3)CC(C)O4)C(=O)C(=O)N2Cc2ccco2)ccc1OCc1ccccc1. The molecule has 1 fully saturated rings. The third-order valence-electron chi connectivity index (χ3n) is 7.44. The Morgan fingerprint density at radius 3 is 2.57 bits per heavy atom. The number of hydrogen-bond donors (Lipinski definition) is 1. The number of ketones is 1. The number of furan rings is 1. The van der Waals surface area contributed by atoms with Crippen molar-refractivity contribution in [2.24, 2.45) is 0 Å². The Morgan fingerprint density at radius 1 is 0.976 bits per heavy atom. The lowest BCUT2D eigenvalue weighted by Crippen LogP contribution is -2.29. The molecule has 8 heteroatoms. The van der Waals surface area contributed by atoms with Crippen LogP contribution in [0.5, 0.6) is 17.2 Å². The van der Waals surface area contributed by atoms with Crippen LogP contribution in [-0.2, 0) is 29.2 Å². The molecule has 1 aromatic heterocycles. The first kappa shape index (κ1) is 27.2. The molecule has 2 aliphatic heterocycles. The highest BCUT2D eigenvalue weighted by Crippen LogP contribution is 2.43. The summed E-state index contributed by atoms with van der Waals surface area (Å²) >= 11 is 0. The fourth-order valence-electron chi connectivity index (χ4n) is 5.50. The van der Waals surface area contributed by atoms with Gasteiger partial charge in [0.15, 0.2) is 11.5 Å². The molecule has 8 nitrogen and oxygen atoms in total. The molecular weight excluding hydrogens is 534 g/mol. The highest BCUT2D eigenvalue weighted by Gasteiger charge is 2.46. The number of carbonyl (C=O) groups is 2. The number of Topliss-reactive ketones (excluding diaryl/α,β-unsaturated/α-hetero) is 1. The molecule has 0 bridgehead atoms. The lowest BCUT2D eigenvalue weighted by Gasteiger charge is -2.25. The van der Waals surface area contributed by atoms with Gasteiger partial charge in [-0.1, -0.05) is 36.4 Å². The van der Waals surface area contributed by atoms with Crippen LogP contribution in [-0.4, -0.2) is 34.4 Å². The van der Waals surface area contributed by atoms with Gasteiger partial charge in [0, 0.05) is 12.0 Å². The van der Waals surface area contributed by atoms with Crippen LogP contribution in [0, 0.1) is 0 Å². The molecule has 6 rings (SSSR count). The Morgan fingerprint density at radius 2 is 1.81 bits per heavy atom. The maximum atomic E-state index is 13.5. The summed E-state index contributed by atoms with van der Waals surface area (Å²) in [4.78, 5) is 28.4. The standard InChI is InChI=1S/C34H31NO7/c1-3-39-29-18-23(11-14-28(29)41-20-22-8-5-4-6-9-22)31-30(33(37)34(38)35(31)19-26-10-7-15-40-26)32(36)24-12-13-27-25(17-24)16-21(2)42-27/h4-15,17-18,21,31,36H,3,16,19-20H2,1-2H3/b32-30-. The largest absolute Gasteiger partial charge is 0.507 e. The van der Waals surface area contributed by atoms with Crippen molar-refractivity contribution in [1.29, 1.82) is 0 Å². The van der Waals surface area contributed by atoms with Gasteiger partial charge in [-0.15, -0.1) is 0 Å². The summed E-state index contributed by atoms with van der Waals surface area (Å²) in [7, 11) is 0. The average molecular weight is 566 g/mol. The Hall–Kier alpha value is -4.98. The van der Waals surface area contributed by atoms with E-state index in [-0.39, 0.29) is 24.0 Å². The van der Waals surface area contributed by atoms with E-state index >= 15 is 0 Å². The number of likely N-dealkylation sites (tertiary alicyclic amines) is 1. The van der Waals surface area contributed by atoms with E-state index in [2.05, 4.69) is 0 Å². The van der Waals surface area contributed by atoms with Gasteiger partial charge in [0.25, 0.3) is 11.7 Å². The molecule has 0 aliphatic carbocycles. The molecule has 1 amide bonds. The van der Waals surface area contributed by atoms with E-state index in [0.717, 1.165) is 16.9 Å². The molecule has 0 saturated carbocycles. The van der Waals surface area contributed by atoms with E-state index < -0.39 is 17.7 Å². The van der Waals surface area contributed by atoms with Gasteiger partial charge < -0.3 is 28.6 Å². The summed E-state index contributed by atoms with van der Waals surface area (Å²) in [6.07, 6.45) is 2.23. The molecule has 2 unspecified atom stereocenters. The highest BCUT2D eigenvalue weighted by molar-refractivity contribution is 6.46. The maximum Gasteiger partial charge on any atom is 0.296 e. The first-order valence-corrected chi connectivity index (χ1v) is 14.0. The van der Waals surface area contributed by atoms with Gasteiger partial charge in [-0.2, -0.15) is 0 Å². The van der Waals surface area contributed by atoms with Gasteiger partial charge in [-0.05, 0) is 73.0 Å². The fourth-order valence-corrected chi connectivity index (χ4v) is 5.50. The second-order valence-corrected chi connectivity index (χ2v) is 10.4. The number of fused-ring (bicyclic) bond motifs is 1. The number of rotatable bonds is 9. The molecule has 0 radical (unpaired) electrons. The maximum absolute atomic E-state index is 13.5. The van der Waals surface area contributed by atoms with Crippen molar-refractivity contribution in [3.63, 3.8) is 0 Å². The van der Waals surface area contributed by atoms with Crippen molar-refractivity contribution < 1.29 is 33.3 Å². The molecular formula is C34H31NO7. The van der Waals surface area contributed by atoms with Crippen molar-refractivity contribution in [3.05, 3.63) is 119 Å². The van der Waals surface area contributed by atoms with E-state index in [9.17, 15) is 14.7 Å². The monoisotopic (exact) mass is 565 g/mol. The number of nitrogens with zero attached hydrogens (tertiary/aromatic N) is 1. The van der Waals surface area contributed by atoms with Crippen LogP contribution in [0.1, 0.15) is 47.9 Å². The third-order valence-corrected chi connectivity index (χ3v) is 7.44. The van der Waals surface area contributed by atoms with Gasteiger partial charge in [0.05, 0.1) is 31.0 Å². The minimum Gasteiger partial charge on any atom is -0.507 e. The van der Waals surface area contributed by atoms with Crippen LogP contribution < -0.4 is 14.2 Å². The van der Waals surface area contributed by atoms with Crippen molar-refractivity contribution in [2.75, 3.05) is 6.61 Å². The number of aliphatic hydroxyl groups excluding tert-OH is 1. The number of aliphatic hydroxyl groups is 1. The fraction of sp³-hybridized carbons (Fsp3) is 0.235. The Kier molecular flexibility index (Phi) is 7.44. The Balaban J connectivity index is 1.42. The van der Waals surface area contributed by atoms with Crippen LogP contribution in [0.15, 0.2) is 95.1 Å². The lowest BCUT2D eigenvalue weighted by atomic mass is 9.94. The minimum atomic E-state index is -0.888. The number of amides is 1. The molecule has 42 heavy (non-hydrogen) atoms. The highest BCUT2D eigenvalue weighted by atomic mass is 16.5. The molecule has 0 spiro atoms. The first-order valence-electron chi connectivity index (χ1n) is 14.0. The second-order valence-electron chi connectivity index (χ2n) is 10.4. The summed E-state index contributed by atoms with van der Waals surface area (Å²) in [5, 5.41) is 11.6. The van der Waals surface area contributed by atoms with Crippen LogP contribution >= 0.6 is 0 Å². The van der Waals surface area contributed by atoms with Gasteiger partial charge in [-0.25, -0.2) is 0 Å². The zero-order chi connectivity index (χ0) is 29.2. The number of hydrogen-bond acceptors (Lipinski definition) is 7. The average Bonchev–Trinajstić information content (AvgIpc) is 3.71. The number of ether oxygens (including phenoxy) is 3. The summed E-state index contributed by atoms with van der Waals surface area (Å²) in [5.74, 6) is 0.526. The zero-order valence-electron chi connectivity index (χ0n) is 23.4. The summed E-state index contributed by atoms with van der Waals surface area (Å²) in [5.41, 5.74) is 2.98. The van der Waals surface area contributed by atoms with Crippen molar-refractivity contribution in [1.82, 2.24) is 4.90 Å². The van der Waals surface area contributed by atoms with E-state index in [0.29, 0.717) is 48.0 Å². The third kappa shape index (κ3) is 5.23. The van der Waals surface area contributed by atoms with Crippen molar-refractivity contribution in [3.8, 4) is 17.2 Å². The quantitative estimate of drug-likeness (QED) is 0.147. The Bertz CT molecular complexity index is 1640. The number of carbonyl (C=O) groups excluding carboxylic acids is 2. The summed E-state index contributed by atoms with van der Waals surface area (Å²) in [6.45, 7) is 4.62. The predicted octanol–water partition coefficient (Wildman–Crippen LogP) is 6.20. The van der Waals surface area contributed by atoms with Gasteiger partial charge >= 0.3 is 0 Å². The van der Waals surface area contributed by atoms with Crippen LogP contribution in [0.3, 0.4) is 0 Å². The van der Waals surface area contributed by atoms with Crippen LogP contribution in [0.2, 0.25) is 0 Å². The smallest absolute Gasteiger partial charge is 0.296 e. The molecule has 2 atom stereocenters. The predicted molar refractivity (Wildman–Crippen MR) is 155 cm³/mol. The first-order chi connectivity index (χ1) is 20.4. The van der Waals surface area contributed by atoms with Crippen molar-refractivity contribution >= 4 is 17.4 Å². The summed E-state index contributed by atoms with van der Waals surface area (Å²) in [6, 6.07) is 23.0. The molecule has 3 heterocycles. The molecule has 4 aromatic rings. The van der Waals surface area contributed by atoms with E-state index in [1.807, 2.05) is 50.2 Å². The van der Waals surface area contributed by atoms with Crippen LogP contribution in [0.25, 0.3) is 5.76 Å². The van der Waals surface area contributed by atoms with E-state index in [1.54, 1.807) is 42.5 Å². The molecule has 1 saturated heterocycles. The number of benzene rings is 3. The molecule has 3 aromatic carbocycles.